The normalized spacial score (nSPS) is 26.2. The summed E-state index contributed by atoms with van der Waals surface area (Å²) in [6.45, 7) is 7.02. The minimum atomic E-state index is -1.11. The van der Waals surface area contributed by atoms with Crippen LogP contribution in [0.15, 0.2) is 0 Å². The Kier molecular flexibility index (Phi) is 2.88. The van der Waals surface area contributed by atoms with E-state index >= 15 is 0 Å². The highest BCUT2D eigenvalue weighted by atomic mass is 35.6. The molecule has 11 heavy (non-hydrogen) atoms. The fourth-order valence-corrected chi connectivity index (χ4v) is 24.2. The van der Waals surface area contributed by atoms with Gasteiger partial charge in [-0.1, -0.05) is 32.9 Å². The topological polar surface area (TPSA) is 0 Å². The lowest BCUT2D eigenvalue weighted by atomic mass is 10.9. The van der Waals surface area contributed by atoms with E-state index in [9.17, 15) is 0 Å². The van der Waals surface area contributed by atoms with E-state index in [1.807, 2.05) is 0 Å². The van der Waals surface area contributed by atoms with Crippen LogP contribution in [0.3, 0.4) is 0 Å². The molecule has 3 heteroatoms. The quantitative estimate of drug-likeness (QED) is 0.487. The fraction of sp³-hybridized carbons (Fsp3) is 1.00. The molecule has 1 rings (SSSR count). The van der Waals surface area contributed by atoms with Gasteiger partial charge in [0.1, 0.15) is 0 Å². The molecule has 0 atom stereocenters. The first-order chi connectivity index (χ1) is 5.10. The van der Waals surface area contributed by atoms with Gasteiger partial charge in [0.15, 0.2) is 7.38 Å². The smallest absolute Gasteiger partial charge is 0.151 e. The molecule has 0 aromatic heterocycles. The van der Waals surface area contributed by atoms with Crippen molar-refractivity contribution in [2.45, 2.75) is 50.2 Å². The van der Waals surface area contributed by atoms with Gasteiger partial charge in [-0.15, -0.1) is 0 Å². The molecule has 0 spiro atoms. The van der Waals surface area contributed by atoms with Crippen LogP contribution in [0.25, 0.3) is 0 Å². The van der Waals surface area contributed by atoms with Crippen molar-refractivity contribution in [3.63, 3.8) is 0 Å². The molecule has 0 bridgehead atoms. The first kappa shape index (κ1) is 9.81. The molecule has 0 aliphatic carbocycles. The third kappa shape index (κ3) is 1.73. The Morgan fingerprint density at radius 2 is 1.45 bits per heavy atom. The van der Waals surface area contributed by atoms with Crippen molar-refractivity contribution >= 4 is 26.5 Å². The molecule has 1 aliphatic rings. The molecule has 0 nitrogen and oxygen atoms in total. The SMILES string of the molecule is CC[Si]1(Cl)C[Si](CC)(CC)C1. The minimum Gasteiger partial charge on any atom is -0.168 e. The van der Waals surface area contributed by atoms with Crippen LogP contribution in [-0.2, 0) is 0 Å². The van der Waals surface area contributed by atoms with Gasteiger partial charge in [-0.05, 0) is 17.4 Å². The van der Waals surface area contributed by atoms with Crippen LogP contribution < -0.4 is 0 Å². The van der Waals surface area contributed by atoms with Gasteiger partial charge < -0.3 is 0 Å². The zero-order valence-electron chi connectivity index (χ0n) is 7.91. The van der Waals surface area contributed by atoms with E-state index in [4.69, 9.17) is 11.1 Å². The molecular formula is C8H19ClSi2. The molecular weight excluding hydrogens is 188 g/mol. The van der Waals surface area contributed by atoms with Gasteiger partial charge in [0.25, 0.3) is 0 Å². The number of hydrogen-bond donors (Lipinski definition) is 0. The van der Waals surface area contributed by atoms with E-state index in [1.165, 1.54) is 29.5 Å². The average molecular weight is 207 g/mol. The molecule has 0 saturated carbocycles. The number of rotatable bonds is 3. The second-order valence-electron chi connectivity index (χ2n) is 4.07. The summed E-state index contributed by atoms with van der Waals surface area (Å²) in [5.74, 6) is 0. The minimum absolute atomic E-state index is 0.717. The third-order valence-corrected chi connectivity index (χ3v) is 22.1. The van der Waals surface area contributed by atoms with Crippen molar-refractivity contribution in [1.29, 1.82) is 0 Å². The first-order valence-corrected chi connectivity index (χ1v) is 11.2. The van der Waals surface area contributed by atoms with Gasteiger partial charge in [0.05, 0.1) is 8.07 Å². The Bertz CT molecular complexity index is 135. The van der Waals surface area contributed by atoms with E-state index in [2.05, 4.69) is 20.8 Å². The van der Waals surface area contributed by atoms with E-state index in [1.54, 1.807) is 0 Å². The number of hydrogen-bond acceptors (Lipinski definition) is 0. The maximum Gasteiger partial charge on any atom is 0.151 e. The van der Waals surface area contributed by atoms with Gasteiger partial charge >= 0.3 is 0 Å². The molecule has 0 amide bonds. The first-order valence-electron chi connectivity index (χ1n) is 4.79. The predicted molar refractivity (Wildman–Crippen MR) is 58.4 cm³/mol. The van der Waals surface area contributed by atoms with Gasteiger partial charge in [-0.3, -0.25) is 0 Å². The lowest BCUT2D eigenvalue weighted by molar-refractivity contribution is 1.14. The average Bonchev–Trinajstić information content (AvgIpc) is 1.98. The highest BCUT2D eigenvalue weighted by Crippen LogP contribution is 2.49. The summed E-state index contributed by atoms with van der Waals surface area (Å²) in [4.78, 5) is 0. The van der Waals surface area contributed by atoms with E-state index in [-0.39, 0.29) is 0 Å². The van der Waals surface area contributed by atoms with Crippen molar-refractivity contribution in [2.75, 3.05) is 0 Å². The van der Waals surface area contributed by atoms with E-state index < -0.39 is 15.5 Å². The summed E-state index contributed by atoms with van der Waals surface area (Å²) < 4.78 is 0. The molecule has 0 N–H and O–H groups in total. The lowest BCUT2D eigenvalue weighted by Gasteiger charge is -2.49. The Labute approximate surface area is 77.1 Å². The Balaban J connectivity index is 2.47. The van der Waals surface area contributed by atoms with Crippen LogP contribution in [0.2, 0.25) is 29.5 Å². The maximum atomic E-state index is 6.51. The Morgan fingerprint density at radius 3 is 1.73 bits per heavy atom. The highest BCUT2D eigenvalue weighted by molar-refractivity contribution is 7.35. The van der Waals surface area contributed by atoms with Crippen LogP contribution in [0.1, 0.15) is 20.8 Å². The Hall–Kier alpha value is 0.724. The second kappa shape index (κ2) is 3.23. The highest BCUT2D eigenvalue weighted by Gasteiger charge is 2.53. The van der Waals surface area contributed by atoms with Gasteiger partial charge in [0.2, 0.25) is 0 Å². The van der Waals surface area contributed by atoms with Crippen LogP contribution in [0, 0.1) is 0 Å². The van der Waals surface area contributed by atoms with Gasteiger partial charge in [0, 0.05) is 0 Å². The van der Waals surface area contributed by atoms with Crippen LogP contribution in [0.5, 0.6) is 0 Å². The summed E-state index contributed by atoms with van der Waals surface area (Å²) in [6, 6.07) is 4.26. The van der Waals surface area contributed by atoms with Crippen LogP contribution in [-0.4, -0.2) is 15.5 Å². The van der Waals surface area contributed by atoms with Crippen molar-refractivity contribution in [2.24, 2.45) is 0 Å². The largest absolute Gasteiger partial charge is 0.168 e. The van der Waals surface area contributed by atoms with Crippen molar-refractivity contribution in [3.8, 4) is 0 Å². The zero-order valence-corrected chi connectivity index (χ0v) is 10.7. The molecule has 1 fully saturated rings. The summed E-state index contributed by atoms with van der Waals surface area (Å²) in [6.07, 6.45) is 0. The van der Waals surface area contributed by atoms with Crippen LogP contribution >= 0.6 is 11.1 Å². The molecule has 0 unspecified atom stereocenters. The second-order valence-corrected chi connectivity index (χ2v) is 16.7. The molecule has 1 aliphatic heterocycles. The van der Waals surface area contributed by atoms with Crippen molar-refractivity contribution < 1.29 is 0 Å². The molecule has 1 saturated heterocycles. The summed E-state index contributed by atoms with van der Waals surface area (Å²) in [5.41, 5.74) is 3.04. The monoisotopic (exact) mass is 206 g/mol. The summed E-state index contributed by atoms with van der Waals surface area (Å²) in [7, 11) is -1.83. The summed E-state index contributed by atoms with van der Waals surface area (Å²) >= 11 is 6.51. The van der Waals surface area contributed by atoms with E-state index in [0.29, 0.717) is 0 Å². The van der Waals surface area contributed by atoms with E-state index in [0.717, 1.165) is 0 Å². The maximum absolute atomic E-state index is 6.51. The molecule has 1 heterocycles. The molecule has 0 aromatic carbocycles. The van der Waals surface area contributed by atoms with Crippen molar-refractivity contribution in [3.05, 3.63) is 0 Å². The van der Waals surface area contributed by atoms with Gasteiger partial charge in [-0.2, -0.15) is 11.1 Å². The Morgan fingerprint density at radius 1 is 1.00 bits per heavy atom. The zero-order chi connectivity index (χ0) is 8.54. The predicted octanol–water partition coefficient (Wildman–Crippen LogP) is 3.77. The fourth-order valence-electron chi connectivity index (χ4n) is 2.29. The van der Waals surface area contributed by atoms with Crippen molar-refractivity contribution in [1.82, 2.24) is 0 Å². The third-order valence-electron chi connectivity index (χ3n) is 3.52. The number of halogens is 1. The molecule has 0 radical (unpaired) electrons. The van der Waals surface area contributed by atoms with Gasteiger partial charge in [-0.25, -0.2) is 0 Å². The summed E-state index contributed by atoms with van der Waals surface area (Å²) in [5, 5.41) is 0. The molecule has 66 valence electrons. The molecule has 0 aromatic rings. The van der Waals surface area contributed by atoms with Crippen LogP contribution in [0.4, 0.5) is 0 Å². The standard InChI is InChI=1S/C8H19ClSi2/c1-4-10(5-2)7-11(9,6-3)8-10/h4-8H2,1-3H3. The lowest BCUT2D eigenvalue weighted by Crippen LogP contribution is -2.58.